The summed E-state index contributed by atoms with van der Waals surface area (Å²) in [5.74, 6) is -1.04. The highest BCUT2D eigenvalue weighted by Gasteiger charge is 2.34. The lowest BCUT2D eigenvalue weighted by molar-refractivity contribution is -0.140. The molecule has 0 bridgehead atoms. The Bertz CT molecular complexity index is 926. The predicted octanol–water partition coefficient (Wildman–Crippen LogP) is 1.91. The van der Waals surface area contributed by atoms with E-state index in [1.54, 1.807) is 4.90 Å². The van der Waals surface area contributed by atoms with Crippen molar-refractivity contribution in [1.82, 2.24) is 0 Å². The van der Waals surface area contributed by atoms with E-state index in [0.717, 1.165) is 16.8 Å². The van der Waals surface area contributed by atoms with Crippen LogP contribution in [-0.2, 0) is 22.6 Å². The first-order valence-electron chi connectivity index (χ1n) is 9.82. The molecule has 158 valence electrons. The lowest BCUT2D eigenvalue weighted by atomic mass is 9.89. The molecule has 1 unspecified atom stereocenters. The molecule has 0 spiro atoms. The van der Waals surface area contributed by atoms with Crippen molar-refractivity contribution in [2.75, 3.05) is 18.1 Å². The minimum absolute atomic E-state index is 0.0507. The fourth-order valence-electron chi connectivity index (χ4n) is 3.51. The molecule has 30 heavy (non-hydrogen) atoms. The number of carbonyl (C=O) groups is 2. The van der Waals surface area contributed by atoms with E-state index in [2.05, 4.69) is 4.99 Å². The quantitative estimate of drug-likeness (QED) is 0.329. The maximum atomic E-state index is 13.1. The number of nitrogens with zero attached hydrogens (tertiary/aromatic N) is 2. The summed E-state index contributed by atoms with van der Waals surface area (Å²) in [6, 6.07) is 15.2. The van der Waals surface area contributed by atoms with Gasteiger partial charge in [-0.2, -0.15) is 0 Å². The molecule has 0 aromatic heterocycles. The molecule has 3 rings (SSSR count). The monoisotopic (exact) mass is 410 g/mol. The molecule has 8 heteroatoms. The molecular formula is C22H26N4O4. The van der Waals surface area contributed by atoms with Gasteiger partial charge in [0.15, 0.2) is 5.96 Å². The molecule has 2 aromatic rings. The van der Waals surface area contributed by atoms with Crippen LogP contribution in [0, 0.1) is 5.92 Å². The number of aliphatic carboxylic acids is 1. The summed E-state index contributed by atoms with van der Waals surface area (Å²) < 4.78 is 5.80. The van der Waals surface area contributed by atoms with Gasteiger partial charge >= 0.3 is 5.97 Å². The van der Waals surface area contributed by atoms with E-state index in [4.69, 9.17) is 16.2 Å². The molecule has 1 aliphatic heterocycles. The molecule has 1 aliphatic rings. The predicted molar refractivity (Wildman–Crippen MR) is 114 cm³/mol. The number of rotatable bonds is 9. The Hall–Kier alpha value is -3.55. The van der Waals surface area contributed by atoms with Gasteiger partial charge in [0.2, 0.25) is 5.91 Å². The Morgan fingerprint density at radius 3 is 2.67 bits per heavy atom. The first kappa shape index (κ1) is 21.2. The van der Waals surface area contributed by atoms with Crippen molar-refractivity contribution in [3.05, 3.63) is 59.7 Å². The van der Waals surface area contributed by atoms with Crippen molar-refractivity contribution >= 4 is 23.5 Å². The molecule has 0 saturated heterocycles. The topological polar surface area (TPSA) is 131 Å². The van der Waals surface area contributed by atoms with Crippen LogP contribution in [0.15, 0.2) is 53.5 Å². The van der Waals surface area contributed by atoms with E-state index in [-0.39, 0.29) is 18.3 Å². The van der Waals surface area contributed by atoms with Crippen molar-refractivity contribution in [1.29, 1.82) is 0 Å². The third-order valence-electron chi connectivity index (χ3n) is 4.90. The van der Waals surface area contributed by atoms with E-state index < -0.39 is 11.9 Å². The number of hydrogen-bond donors (Lipinski definition) is 3. The number of fused-ring (bicyclic) bond motifs is 1. The van der Waals surface area contributed by atoms with Gasteiger partial charge < -0.3 is 26.2 Å². The number of aliphatic imine (C=N–C) groups is 1. The Kier molecular flexibility index (Phi) is 6.90. The van der Waals surface area contributed by atoms with E-state index >= 15 is 0 Å². The summed E-state index contributed by atoms with van der Waals surface area (Å²) in [5, 5.41) is 9.21. The summed E-state index contributed by atoms with van der Waals surface area (Å²) in [5.41, 5.74) is 13.3. The molecular weight excluding hydrogens is 384 g/mol. The number of carbonyl (C=O) groups excluding carboxylic acids is 1. The highest BCUT2D eigenvalue weighted by atomic mass is 16.5. The van der Waals surface area contributed by atoms with Gasteiger partial charge in [-0.3, -0.25) is 14.6 Å². The van der Waals surface area contributed by atoms with Gasteiger partial charge in [-0.15, -0.1) is 0 Å². The van der Waals surface area contributed by atoms with Crippen LogP contribution in [0.25, 0.3) is 0 Å². The summed E-state index contributed by atoms with van der Waals surface area (Å²) in [4.78, 5) is 29.9. The number of amides is 1. The number of carboxylic acids is 1. The molecule has 2 aromatic carbocycles. The van der Waals surface area contributed by atoms with Crippen molar-refractivity contribution in [2.45, 2.75) is 25.8 Å². The number of ether oxygens (including phenoxy) is 1. The molecule has 0 saturated carbocycles. The van der Waals surface area contributed by atoms with Crippen LogP contribution < -0.4 is 21.1 Å². The summed E-state index contributed by atoms with van der Waals surface area (Å²) >= 11 is 0. The van der Waals surface area contributed by atoms with Crippen LogP contribution in [0.1, 0.15) is 24.0 Å². The molecule has 0 aliphatic carbocycles. The number of hydrogen-bond acceptors (Lipinski definition) is 4. The normalized spacial score (nSPS) is 15.4. The fourth-order valence-corrected chi connectivity index (χ4v) is 3.51. The van der Waals surface area contributed by atoms with Gasteiger partial charge in [0.05, 0.1) is 31.2 Å². The van der Waals surface area contributed by atoms with Crippen molar-refractivity contribution < 1.29 is 19.4 Å². The van der Waals surface area contributed by atoms with Crippen LogP contribution >= 0.6 is 0 Å². The van der Waals surface area contributed by atoms with E-state index in [1.807, 2.05) is 48.5 Å². The van der Waals surface area contributed by atoms with Crippen molar-refractivity contribution in [3.63, 3.8) is 0 Å². The Labute approximate surface area is 175 Å². The van der Waals surface area contributed by atoms with Gasteiger partial charge in [-0.1, -0.05) is 36.4 Å². The molecule has 0 radical (unpaired) electrons. The van der Waals surface area contributed by atoms with Crippen LogP contribution in [0.3, 0.4) is 0 Å². The minimum atomic E-state index is -0.975. The lowest BCUT2D eigenvalue weighted by Crippen LogP contribution is -2.41. The zero-order valence-electron chi connectivity index (χ0n) is 16.7. The van der Waals surface area contributed by atoms with E-state index in [0.29, 0.717) is 38.3 Å². The second-order valence-electron chi connectivity index (χ2n) is 7.21. The molecule has 0 fully saturated rings. The summed E-state index contributed by atoms with van der Waals surface area (Å²) in [6.07, 6.45) is 0.867. The SMILES string of the molecule is NC(N)=NCCCOc1ccc2c(c1)N(Cc1ccccc1)C(=O)C(CC(=O)O)C2. The van der Waals surface area contributed by atoms with Crippen LogP contribution in [0.5, 0.6) is 5.75 Å². The maximum absolute atomic E-state index is 13.1. The Morgan fingerprint density at radius 2 is 1.97 bits per heavy atom. The molecule has 5 N–H and O–H groups in total. The molecule has 8 nitrogen and oxygen atoms in total. The van der Waals surface area contributed by atoms with Gasteiger partial charge in [0.25, 0.3) is 0 Å². The fraction of sp³-hybridized carbons (Fsp3) is 0.318. The van der Waals surface area contributed by atoms with Gasteiger partial charge in [-0.25, -0.2) is 0 Å². The molecule has 1 heterocycles. The standard InChI is InChI=1S/C22H26N4O4/c23-22(24)25-9-4-10-30-18-8-7-16-11-17(12-20(27)28)21(29)26(19(16)13-18)14-15-5-2-1-3-6-15/h1-3,5-8,13,17H,4,9-12,14H2,(H,27,28)(H4,23,24,25). The molecule has 1 atom stereocenters. The number of carboxylic acid groups (broad SMARTS) is 1. The van der Waals surface area contributed by atoms with Crippen molar-refractivity contribution in [2.24, 2.45) is 22.4 Å². The van der Waals surface area contributed by atoms with Crippen LogP contribution in [0.4, 0.5) is 5.69 Å². The highest BCUT2D eigenvalue weighted by Crippen LogP contribution is 2.36. The average Bonchev–Trinajstić information content (AvgIpc) is 2.71. The molecule has 1 amide bonds. The summed E-state index contributed by atoms with van der Waals surface area (Å²) in [7, 11) is 0. The number of guanidine groups is 1. The Balaban J connectivity index is 1.81. The minimum Gasteiger partial charge on any atom is -0.493 e. The second-order valence-corrected chi connectivity index (χ2v) is 7.21. The maximum Gasteiger partial charge on any atom is 0.304 e. The second kappa shape index (κ2) is 9.78. The highest BCUT2D eigenvalue weighted by molar-refractivity contribution is 5.99. The number of nitrogens with two attached hydrogens (primary N) is 2. The van der Waals surface area contributed by atoms with Gasteiger partial charge in [0, 0.05) is 19.0 Å². The Morgan fingerprint density at radius 1 is 1.20 bits per heavy atom. The number of anilines is 1. The zero-order chi connectivity index (χ0) is 21.5. The van der Waals surface area contributed by atoms with E-state index in [1.165, 1.54) is 0 Å². The van der Waals surface area contributed by atoms with Crippen LogP contribution in [0.2, 0.25) is 0 Å². The lowest BCUT2D eigenvalue weighted by Gasteiger charge is -2.34. The van der Waals surface area contributed by atoms with Crippen LogP contribution in [-0.4, -0.2) is 36.1 Å². The van der Waals surface area contributed by atoms with Gasteiger partial charge in [0.1, 0.15) is 5.75 Å². The largest absolute Gasteiger partial charge is 0.493 e. The smallest absolute Gasteiger partial charge is 0.304 e. The first-order valence-corrected chi connectivity index (χ1v) is 9.82. The zero-order valence-corrected chi connectivity index (χ0v) is 16.7. The van der Waals surface area contributed by atoms with E-state index in [9.17, 15) is 14.7 Å². The third-order valence-corrected chi connectivity index (χ3v) is 4.90. The van der Waals surface area contributed by atoms with Crippen molar-refractivity contribution in [3.8, 4) is 5.75 Å². The summed E-state index contributed by atoms with van der Waals surface area (Å²) in [6.45, 7) is 1.28. The average molecular weight is 410 g/mol. The third kappa shape index (κ3) is 5.50. The number of benzene rings is 2. The first-order chi connectivity index (χ1) is 14.4. The van der Waals surface area contributed by atoms with Gasteiger partial charge in [-0.05, 0) is 23.6 Å².